The molecule has 0 amide bonds. The molecule has 1 fully saturated rings. The van der Waals surface area contributed by atoms with Gasteiger partial charge in [0.1, 0.15) is 17.6 Å². The van der Waals surface area contributed by atoms with Gasteiger partial charge in [0.15, 0.2) is 0 Å². The maximum absolute atomic E-state index is 8.88. The molecule has 0 aliphatic carbocycles. The van der Waals surface area contributed by atoms with E-state index in [4.69, 9.17) is 14.7 Å². The summed E-state index contributed by atoms with van der Waals surface area (Å²) in [6.45, 7) is 2.76. The first kappa shape index (κ1) is 16.4. The quantitative estimate of drug-likeness (QED) is 0.847. The lowest BCUT2D eigenvalue weighted by Crippen LogP contribution is -2.13. The van der Waals surface area contributed by atoms with E-state index in [0.29, 0.717) is 31.3 Å². The van der Waals surface area contributed by atoms with Crippen molar-refractivity contribution in [3.63, 3.8) is 0 Å². The zero-order valence-corrected chi connectivity index (χ0v) is 13.6. The summed E-state index contributed by atoms with van der Waals surface area (Å²) < 4.78 is 11.3. The summed E-state index contributed by atoms with van der Waals surface area (Å²) >= 11 is 0. The van der Waals surface area contributed by atoms with Gasteiger partial charge in [-0.25, -0.2) is 4.98 Å². The first-order chi connectivity index (χ1) is 11.8. The standard InChI is InChI=1S/C19H21N3O2/c20-11-17-6-2-8-19(22-17)21-12-15-4-1-5-16(10-15)13-23-14-18-7-3-9-24-18/h1-2,4-6,8,10,18H,3,7,9,12-14H2,(H,21,22). The van der Waals surface area contributed by atoms with Gasteiger partial charge in [-0.1, -0.05) is 30.3 Å². The summed E-state index contributed by atoms with van der Waals surface area (Å²) in [6, 6.07) is 15.7. The fourth-order valence-corrected chi connectivity index (χ4v) is 2.70. The van der Waals surface area contributed by atoms with Gasteiger partial charge in [0.05, 0.1) is 19.3 Å². The van der Waals surface area contributed by atoms with E-state index in [1.807, 2.05) is 24.3 Å². The first-order valence-electron chi connectivity index (χ1n) is 8.22. The fourth-order valence-electron chi connectivity index (χ4n) is 2.70. The van der Waals surface area contributed by atoms with Gasteiger partial charge in [-0.2, -0.15) is 5.26 Å². The van der Waals surface area contributed by atoms with Crippen LogP contribution in [0.15, 0.2) is 42.5 Å². The third kappa shape index (κ3) is 4.79. The smallest absolute Gasteiger partial charge is 0.142 e. The van der Waals surface area contributed by atoms with Gasteiger partial charge in [0.25, 0.3) is 0 Å². The van der Waals surface area contributed by atoms with Crippen molar-refractivity contribution in [2.24, 2.45) is 0 Å². The molecule has 1 aliphatic heterocycles. The minimum atomic E-state index is 0.258. The van der Waals surface area contributed by atoms with E-state index in [9.17, 15) is 0 Å². The summed E-state index contributed by atoms with van der Waals surface area (Å²) in [6.07, 6.45) is 2.49. The molecular formula is C19H21N3O2. The molecule has 1 aromatic carbocycles. The van der Waals surface area contributed by atoms with E-state index < -0.39 is 0 Å². The minimum Gasteiger partial charge on any atom is -0.376 e. The molecule has 1 unspecified atom stereocenters. The third-order valence-electron chi connectivity index (χ3n) is 3.93. The molecule has 5 heteroatoms. The molecular weight excluding hydrogens is 302 g/mol. The maximum Gasteiger partial charge on any atom is 0.142 e. The molecule has 3 rings (SSSR count). The average Bonchev–Trinajstić information content (AvgIpc) is 3.14. The zero-order chi connectivity index (χ0) is 16.6. The second kappa shape index (κ2) is 8.44. The van der Waals surface area contributed by atoms with Crippen LogP contribution < -0.4 is 5.32 Å². The monoisotopic (exact) mass is 323 g/mol. The number of hydrogen-bond acceptors (Lipinski definition) is 5. The average molecular weight is 323 g/mol. The highest BCUT2D eigenvalue weighted by atomic mass is 16.5. The Morgan fingerprint density at radius 3 is 2.96 bits per heavy atom. The second-order valence-electron chi connectivity index (χ2n) is 5.84. The second-order valence-corrected chi connectivity index (χ2v) is 5.84. The van der Waals surface area contributed by atoms with Crippen molar-refractivity contribution in [2.45, 2.75) is 32.1 Å². The Morgan fingerprint density at radius 2 is 2.12 bits per heavy atom. The highest BCUT2D eigenvalue weighted by molar-refractivity contribution is 5.39. The van der Waals surface area contributed by atoms with Crippen molar-refractivity contribution >= 4 is 5.82 Å². The highest BCUT2D eigenvalue weighted by Gasteiger charge is 2.15. The van der Waals surface area contributed by atoms with Crippen molar-refractivity contribution in [1.82, 2.24) is 4.98 Å². The summed E-state index contributed by atoms with van der Waals surface area (Å²) in [5.41, 5.74) is 2.71. The number of rotatable bonds is 7. The predicted molar refractivity (Wildman–Crippen MR) is 91.4 cm³/mol. The van der Waals surface area contributed by atoms with Gasteiger partial charge in [-0.3, -0.25) is 0 Å². The molecule has 0 radical (unpaired) electrons. The van der Waals surface area contributed by atoms with E-state index in [-0.39, 0.29) is 6.10 Å². The Morgan fingerprint density at radius 1 is 1.25 bits per heavy atom. The van der Waals surface area contributed by atoms with Crippen molar-refractivity contribution in [3.8, 4) is 6.07 Å². The predicted octanol–water partition coefficient (Wildman–Crippen LogP) is 3.26. The summed E-state index contributed by atoms with van der Waals surface area (Å²) in [7, 11) is 0. The largest absolute Gasteiger partial charge is 0.376 e. The van der Waals surface area contributed by atoms with Gasteiger partial charge >= 0.3 is 0 Å². The molecule has 1 saturated heterocycles. The van der Waals surface area contributed by atoms with Crippen LogP contribution in [0.5, 0.6) is 0 Å². The molecule has 2 heterocycles. The number of nitrogens with one attached hydrogen (secondary N) is 1. The Hall–Kier alpha value is -2.42. The van der Waals surface area contributed by atoms with Crippen molar-refractivity contribution < 1.29 is 9.47 Å². The van der Waals surface area contributed by atoms with Crippen LogP contribution in [0, 0.1) is 11.3 Å². The van der Waals surface area contributed by atoms with Gasteiger partial charge in [0, 0.05) is 13.2 Å². The molecule has 124 valence electrons. The number of benzene rings is 1. The van der Waals surface area contributed by atoms with Crippen LogP contribution in [0.4, 0.5) is 5.82 Å². The molecule has 1 aromatic heterocycles. The molecule has 1 aliphatic rings. The van der Waals surface area contributed by atoms with Crippen LogP contribution in [-0.4, -0.2) is 24.3 Å². The Kier molecular flexibility index (Phi) is 5.78. The fraction of sp³-hybridized carbons (Fsp3) is 0.368. The number of pyridine rings is 1. The van der Waals surface area contributed by atoms with Crippen molar-refractivity contribution in [2.75, 3.05) is 18.5 Å². The van der Waals surface area contributed by atoms with Crippen LogP contribution in [0.25, 0.3) is 0 Å². The molecule has 0 bridgehead atoms. The van der Waals surface area contributed by atoms with Gasteiger partial charge in [-0.15, -0.1) is 0 Å². The Bertz CT molecular complexity index is 706. The van der Waals surface area contributed by atoms with Crippen molar-refractivity contribution in [1.29, 1.82) is 5.26 Å². The summed E-state index contributed by atoms with van der Waals surface area (Å²) in [5.74, 6) is 0.703. The van der Waals surface area contributed by atoms with Crippen molar-refractivity contribution in [3.05, 3.63) is 59.3 Å². The zero-order valence-electron chi connectivity index (χ0n) is 13.6. The topological polar surface area (TPSA) is 67.2 Å². The van der Waals surface area contributed by atoms with Crippen LogP contribution >= 0.6 is 0 Å². The number of nitrogens with zero attached hydrogens (tertiary/aromatic N) is 2. The minimum absolute atomic E-state index is 0.258. The van der Waals surface area contributed by atoms with Crippen LogP contribution in [0.3, 0.4) is 0 Å². The number of hydrogen-bond donors (Lipinski definition) is 1. The SMILES string of the molecule is N#Cc1cccc(NCc2cccc(COCC3CCCO3)c2)n1. The maximum atomic E-state index is 8.88. The van der Waals surface area contributed by atoms with E-state index >= 15 is 0 Å². The molecule has 0 spiro atoms. The molecule has 1 atom stereocenters. The highest BCUT2D eigenvalue weighted by Crippen LogP contribution is 2.14. The Labute approximate surface area is 142 Å². The number of ether oxygens (including phenoxy) is 2. The number of nitriles is 1. The van der Waals surface area contributed by atoms with Gasteiger partial charge < -0.3 is 14.8 Å². The van der Waals surface area contributed by atoms with Crippen LogP contribution in [0.2, 0.25) is 0 Å². The summed E-state index contributed by atoms with van der Waals surface area (Å²) in [5, 5.41) is 12.1. The van der Waals surface area contributed by atoms with Gasteiger partial charge in [-0.05, 0) is 36.1 Å². The van der Waals surface area contributed by atoms with E-state index in [1.54, 1.807) is 6.07 Å². The molecule has 2 aromatic rings. The molecule has 5 nitrogen and oxygen atoms in total. The summed E-state index contributed by atoms with van der Waals surface area (Å²) in [4.78, 5) is 4.21. The van der Waals surface area contributed by atoms with E-state index in [0.717, 1.165) is 30.6 Å². The molecule has 1 N–H and O–H groups in total. The molecule has 0 saturated carbocycles. The first-order valence-corrected chi connectivity index (χ1v) is 8.22. The van der Waals surface area contributed by atoms with Crippen LogP contribution in [0.1, 0.15) is 29.7 Å². The lowest BCUT2D eigenvalue weighted by molar-refractivity contribution is 0.0106. The van der Waals surface area contributed by atoms with E-state index in [1.165, 1.54) is 0 Å². The Balaban J connectivity index is 1.50. The number of aromatic nitrogens is 1. The molecule has 24 heavy (non-hydrogen) atoms. The lowest BCUT2D eigenvalue weighted by Gasteiger charge is -2.11. The van der Waals surface area contributed by atoms with Crippen LogP contribution in [-0.2, 0) is 22.6 Å². The van der Waals surface area contributed by atoms with Gasteiger partial charge in [0.2, 0.25) is 0 Å². The number of anilines is 1. The normalized spacial score (nSPS) is 16.7. The lowest BCUT2D eigenvalue weighted by atomic mass is 10.1. The third-order valence-corrected chi connectivity index (χ3v) is 3.93. The van der Waals surface area contributed by atoms with E-state index in [2.05, 4.69) is 28.5 Å².